The molecule has 3 heterocycles. The lowest BCUT2D eigenvalue weighted by Crippen LogP contribution is -2.61. The highest BCUT2D eigenvalue weighted by Gasteiger charge is 2.40. The third-order valence-corrected chi connectivity index (χ3v) is 7.00. The first-order valence-corrected chi connectivity index (χ1v) is 13.1. The molecule has 202 valence electrons. The smallest absolute Gasteiger partial charge is 0.329 e. The molecule has 2 N–H and O–H groups in total. The second-order valence-corrected chi connectivity index (χ2v) is 9.90. The quantitative estimate of drug-likeness (QED) is 0.304. The van der Waals surface area contributed by atoms with Crippen LogP contribution < -0.4 is 10.6 Å². The Morgan fingerprint density at radius 2 is 1.74 bits per heavy atom. The Hall–Kier alpha value is -4.47. The van der Waals surface area contributed by atoms with Crippen LogP contribution in [-0.2, 0) is 43.5 Å². The fourth-order valence-electron chi connectivity index (χ4n) is 4.89. The van der Waals surface area contributed by atoms with Gasteiger partial charge in [0.05, 0.1) is 18.4 Å². The maximum atomic E-state index is 13.7. The van der Waals surface area contributed by atoms with E-state index in [-0.39, 0.29) is 31.3 Å². The van der Waals surface area contributed by atoms with Gasteiger partial charge in [-0.1, -0.05) is 60.7 Å². The SMILES string of the molecule is O=C1C[C@@H](C(=O)N[C@@H](Cc2cn(Cc3ccccc3)cn2)C(=O)N2CCC[C@H]2C(=O)OCc2ccccc2)N1. The lowest BCUT2D eigenvalue weighted by atomic mass is 10.0. The number of β-lactam (4-membered cyclic amide) rings is 1. The average Bonchev–Trinajstić information content (AvgIpc) is 3.60. The van der Waals surface area contributed by atoms with Crippen molar-refractivity contribution < 1.29 is 23.9 Å². The van der Waals surface area contributed by atoms with Crippen LogP contribution >= 0.6 is 0 Å². The highest BCUT2D eigenvalue weighted by Crippen LogP contribution is 2.21. The summed E-state index contributed by atoms with van der Waals surface area (Å²) in [5.41, 5.74) is 2.60. The van der Waals surface area contributed by atoms with E-state index in [0.29, 0.717) is 31.6 Å². The summed E-state index contributed by atoms with van der Waals surface area (Å²) in [5, 5.41) is 5.34. The van der Waals surface area contributed by atoms with E-state index in [1.165, 1.54) is 4.90 Å². The summed E-state index contributed by atoms with van der Waals surface area (Å²) < 4.78 is 7.44. The van der Waals surface area contributed by atoms with E-state index < -0.39 is 30.0 Å². The van der Waals surface area contributed by atoms with Gasteiger partial charge in [0.2, 0.25) is 17.7 Å². The molecule has 2 fully saturated rings. The summed E-state index contributed by atoms with van der Waals surface area (Å²) in [4.78, 5) is 56.8. The molecule has 5 rings (SSSR count). The van der Waals surface area contributed by atoms with Crippen LogP contribution in [0.3, 0.4) is 0 Å². The van der Waals surface area contributed by atoms with E-state index in [1.807, 2.05) is 71.4 Å². The molecular formula is C29H31N5O5. The molecule has 3 aromatic rings. The van der Waals surface area contributed by atoms with Gasteiger partial charge in [0, 0.05) is 25.7 Å². The molecule has 10 heteroatoms. The van der Waals surface area contributed by atoms with Crippen molar-refractivity contribution in [3.8, 4) is 0 Å². The number of esters is 1. The number of amides is 3. The van der Waals surface area contributed by atoms with Crippen molar-refractivity contribution in [3.05, 3.63) is 90.0 Å². The van der Waals surface area contributed by atoms with Crippen LogP contribution in [0.5, 0.6) is 0 Å². The normalized spacial score (nSPS) is 19.1. The van der Waals surface area contributed by atoms with Crippen LogP contribution in [0.25, 0.3) is 0 Å². The maximum absolute atomic E-state index is 13.7. The summed E-state index contributed by atoms with van der Waals surface area (Å²) in [6, 6.07) is 16.9. The number of carbonyl (C=O) groups is 4. The summed E-state index contributed by atoms with van der Waals surface area (Å²) in [7, 11) is 0. The van der Waals surface area contributed by atoms with Gasteiger partial charge in [-0.25, -0.2) is 9.78 Å². The van der Waals surface area contributed by atoms with E-state index >= 15 is 0 Å². The van der Waals surface area contributed by atoms with Crippen molar-refractivity contribution in [2.75, 3.05) is 6.54 Å². The maximum Gasteiger partial charge on any atom is 0.329 e. The van der Waals surface area contributed by atoms with E-state index in [1.54, 1.807) is 6.33 Å². The monoisotopic (exact) mass is 529 g/mol. The Labute approximate surface area is 226 Å². The molecule has 0 saturated carbocycles. The molecule has 3 amide bonds. The van der Waals surface area contributed by atoms with Crippen molar-refractivity contribution >= 4 is 23.7 Å². The molecule has 2 saturated heterocycles. The number of likely N-dealkylation sites (tertiary alicyclic amines) is 1. The van der Waals surface area contributed by atoms with E-state index in [4.69, 9.17) is 4.74 Å². The Morgan fingerprint density at radius 3 is 2.44 bits per heavy atom. The fraction of sp³-hybridized carbons (Fsp3) is 0.345. The second-order valence-electron chi connectivity index (χ2n) is 9.90. The molecule has 2 aliphatic heterocycles. The average molecular weight is 530 g/mol. The van der Waals surface area contributed by atoms with E-state index in [9.17, 15) is 19.2 Å². The van der Waals surface area contributed by atoms with Crippen molar-refractivity contribution in [1.82, 2.24) is 25.1 Å². The number of hydrogen-bond donors (Lipinski definition) is 2. The minimum Gasteiger partial charge on any atom is -0.459 e. The highest BCUT2D eigenvalue weighted by atomic mass is 16.5. The first-order valence-electron chi connectivity index (χ1n) is 13.1. The molecule has 10 nitrogen and oxygen atoms in total. The van der Waals surface area contributed by atoms with Crippen LogP contribution in [0.1, 0.15) is 36.1 Å². The minimum atomic E-state index is -0.947. The Morgan fingerprint density at radius 1 is 1.05 bits per heavy atom. The third-order valence-electron chi connectivity index (χ3n) is 7.00. The molecule has 3 atom stereocenters. The van der Waals surface area contributed by atoms with Gasteiger partial charge in [-0.05, 0) is 24.0 Å². The van der Waals surface area contributed by atoms with E-state index in [2.05, 4.69) is 15.6 Å². The van der Waals surface area contributed by atoms with Gasteiger partial charge in [-0.2, -0.15) is 0 Å². The van der Waals surface area contributed by atoms with Crippen molar-refractivity contribution in [1.29, 1.82) is 0 Å². The van der Waals surface area contributed by atoms with Gasteiger partial charge >= 0.3 is 5.97 Å². The van der Waals surface area contributed by atoms with Gasteiger partial charge in [0.25, 0.3) is 0 Å². The second kappa shape index (κ2) is 11.9. The topological polar surface area (TPSA) is 123 Å². The Bertz CT molecular complexity index is 1320. The fourth-order valence-corrected chi connectivity index (χ4v) is 4.89. The zero-order valence-electron chi connectivity index (χ0n) is 21.5. The van der Waals surface area contributed by atoms with Crippen LogP contribution in [0.2, 0.25) is 0 Å². The summed E-state index contributed by atoms with van der Waals surface area (Å²) >= 11 is 0. The van der Waals surface area contributed by atoms with Gasteiger partial charge in [-0.3, -0.25) is 14.4 Å². The van der Waals surface area contributed by atoms with Crippen LogP contribution in [-0.4, -0.2) is 62.8 Å². The third kappa shape index (κ3) is 6.51. The molecule has 39 heavy (non-hydrogen) atoms. The molecular weight excluding hydrogens is 498 g/mol. The predicted molar refractivity (Wildman–Crippen MR) is 141 cm³/mol. The van der Waals surface area contributed by atoms with E-state index in [0.717, 1.165) is 11.1 Å². The number of hydrogen-bond acceptors (Lipinski definition) is 6. The number of aromatic nitrogens is 2. The number of carbonyl (C=O) groups excluding carboxylic acids is 4. The molecule has 1 aromatic heterocycles. The standard InChI is InChI=1S/C29H31N5O5/c35-26-15-23(31-26)27(36)32-24(14-22-17-33(19-30-22)16-20-8-3-1-4-9-20)28(37)34-13-7-12-25(34)29(38)39-18-21-10-5-2-6-11-21/h1-6,8-11,17,19,23-25H,7,12-16,18H2,(H,31,35)(H,32,36)/t23-,24-,25-/m0/s1. The minimum absolute atomic E-state index is 0.0800. The van der Waals surface area contributed by atoms with Gasteiger partial charge in [0.1, 0.15) is 24.7 Å². The van der Waals surface area contributed by atoms with Crippen molar-refractivity contribution in [2.24, 2.45) is 0 Å². The van der Waals surface area contributed by atoms with Gasteiger partial charge in [0.15, 0.2) is 0 Å². The molecule has 0 unspecified atom stereocenters. The molecule has 0 bridgehead atoms. The summed E-state index contributed by atoms with van der Waals surface area (Å²) in [6.07, 6.45) is 4.91. The van der Waals surface area contributed by atoms with Crippen molar-refractivity contribution in [2.45, 2.75) is 57.0 Å². The van der Waals surface area contributed by atoms with Crippen LogP contribution in [0.4, 0.5) is 0 Å². The molecule has 0 radical (unpaired) electrons. The zero-order chi connectivity index (χ0) is 27.2. The molecule has 0 aliphatic carbocycles. The van der Waals surface area contributed by atoms with Gasteiger partial charge < -0.3 is 24.8 Å². The van der Waals surface area contributed by atoms with Crippen LogP contribution in [0.15, 0.2) is 73.2 Å². The number of rotatable bonds is 10. The molecule has 2 aromatic carbocycles. The largest absolute Gasteiger partial charge is 0.459 e. The summed E-state index contributed by atoms with van der Waals surface area (Å²) in [6.45, 7) is 1.13. The number of imidazole rings is 1. The van der Waals surface area contributed by atoms with Gasteiger partial charge in [-0.15, -0.1) is 0 Å². The number of ether oxygens (including phenoxy) is 1. The summed E-state index contributed by atoms with van der Waals surface area (Å²) in [5.74, 6) is -1.48. The molecule has 2 aliphatic rings. The molecule has 0 spiro atoms. The predicted octanol–water partition coefficient (Wildman–Crippen LogP) is 1.58. The number of nitrogens with zero attached hydrogens (tertiary/aromatic N) is 3. The first-order chi connectivity index (χ1) is 19.0. The first kappa shape index (κ1) is 26.1. The highest BCUT2D eigenvalue weighted by molar-refractivity contribution is 5.99. The lowest BCUT2D eigenvalue weighted by molar-refractivity contribution is -0.155. The Balaban J connectivity index is 1.28. The number of nitrogens with one attached hydrogen (secondary N) is 2. The Kier molecular flexibility index (Phi) is 8.00. The van der Waals surface area contributed by atoms with Crippen molar-refractivity contribution in [3.63, 3.8) is 0 Å². The number of benzene rings is 2. The zero-order valence-corrected chi connectivity index (χ0v) is 21.5. The van der Waals surface area contributed by atoms with Crippen LogP contribution in [0, 0.1) is 0 Å². The lowest BCUT2D eigenvalue weighted by Gasteiger charge is -2.31.